The molecule has 0 radical (unpaired) electrons. The molecule has 140 valence electrons. The highest BCUT2D eigenvalue weighted by molar-refractivity contribution is 6.36. The fraction of sp³-hybridized carbons (Fsp3) is 0.0370. The Kier molecular flexibility index (Phi) is 2.82. The van der Waals surface area contributed by atoms with Crippen molar-refractivity contribution in [3.63, 3.8) is 0 Å². The van der Waals surface area contributed by atoms with E-state index in [1.807, 2.05) is 25.1 Å². The number of fused-ring (bicyclic) bond motifs is 9. The van der Waals surface area contributed by atoms with Gasteiger partial charge in [0.1, 0.15) is 5.82 Å². The Morgan fingerprint density at radius 3 is 1.80 bits per heavy atom. The lowest BCUT2D eigenvalue weighted by molar-refractivity contribution is 1.02. The zero-order valence-corrected chi connectivity index (χ0v) is 16.3. The highest BCUT2D eigenvalue weighted by atomic mass is 16.1. The summed E-state index contributed by atoms with van der Waals surface area (Å²) in [6.07, 6.45) is 0. The van der Waals surface area contributed by atoms with Crippen molar-refractivity contribution in [2.24, 2.45) is 0 Å². The van der Waals surface area contributed by atoms with Crippen molar-refractivity contribution in [2.75, 3.05) is 0 Å². The number of benzene rings is 5. The van der Waals surface area contributed by atoms with Gasteiger partial charge in [0.2, 0.25) is 0 Å². The first-order valence-corrected chi connectivity index (χ1v) is 10.1. The average molecular weight is 384 g/mol. The van der Waals surface area contributed by atoms with Gasteiger partial charge in [0.15, 0.2) is 0 Å². The highest BCUT2D eigenvalue weighted by Crippen LogP contribution is 2.42. The maximum absolute atomic E-state index is 13.3. The van der Waals surface area contributed by atoms with E-state index in [0.29, 0.717) is 0 Å². The highest BCUT2D eigenvalue weighted by Gasteiger charge is 2.20. The first-order chi connectivity index (χ1) is 14.7. The summed E-state index contributed by atoms with van der Waals surface area (Å²) in [5, 5.41) is 10.1. The molecule has 7 aromatic rings. The molecular formula is C27H16N2O. The van der Waals surface area contributed by atoms with Crippen LogP contribution in [0.15, 0.2) is 83.7 Å². The lowest BCUT2D eigenvalue weighted by atomic mass is 9.90. The second kappa shape index (κ2) is 5.33. The second-order valence-electron chi connectivity index (χ2n) is 7.98. The van der Waals surface area contributed by atoms with Crippen molar-refractivity contribution in [1.29, 1.82) is 0 Å². The summed E-state index contributed by atoms with van der Waals surface area (Å²) >= 11 is 0. The van der Waals surface area contributed by atoms with Gasteiger partial charge >= 0.3 is 0 Å². The predicted molar refractivity (Wildman–Crippen MR) is 125 cm³/mol. The molecule has 0 aliphatic rings. The molecule has 7 rings (SSSR count). The standard InChI is InChI=1S/C27H16N2O/c1-15-28-23-14-22-18-10-3-2-8-16(18)17-9-4-5-11-19(17)24(22)25-20-12-6-7-13-21(20)27(30)29(15)26(23)25/h2-14H,1H3. The molecule has 0 saturated heterocycles. The Hall–Kier alpha value is -3.98. The number of rotatable bonds is 0. The molecule has 0 bridgehead atoms. The van der Waals surface area contributed by atoms with E-state index in [4.69, 9.17) is 4.98 Å². The first kappa shape index (κ1) is 15.9. The third kappa shape index (κ3) is 1.76. The van der Waals surface area contributed by atoms with Crippen LogP contribution in [0.5, 0.6) is 0 Å². The van der Waals surface area contributed by atoms with Crippen LogP contribution in [-0.2, 0) is 0 Å². The lowest BCUT2D eigenvalue weighted by Crippen LogP contribution is -2.14. The minimum atomic E-state index is 0.00236. The number of hydrogen-bond acceptors (Lipinski definition) is 2. The zero-order valence-electron chi connectivity index (χ0n) is 16.3. The fourth-order valence-electron chi connectivity index (χ4n) is 5.26. The van der Waals surface area contributed by atoms with E-state index in [-0.39, 0.29) is 5.56 Å². The number of pyridine rings is 1. The SMILES string of the molecule is Cc1nc2cc3c4ccccc4c4ccccc4c3c3c4ccccc4c(=O)n1c23. The molecule has 3 nitrogen and oxygen atoms in total. The Morgan fingerprint density at radius 2 is 1.13 bits per heavy atom. The summed E-state index contributed by atoms with van der Waals surface area (Å²) in [6.45, 7) is 1.91. The van der Waals surface area contributed by atoms with Crippen molar-refractivity contribution < 1.29 is 0 Å². The summed E-state index contributed by atoms with van der Waals surface area (Å²) in [5.41, 5.74) is 1.80. The monoisotopic (exact) mass is 384 g/mol. The molecule has 0 amide bonds. The molecule has 0 spiro atoms. The van der Waals surface area contributed by atoms with Crippen molar-refractivity contribution in [1.82, 2.24) is 9.38 Å². The number of aryl methyl sites for hydroxylation is 1. The summed E-state index contributed by atoms with van der Waals surface area (Å²) in [5.74, 6) is 0.731. The minimum absolute atomic E-state index is 0.00236. The van der Waals surface area contributed by atoms with Crippen molar-refractivity contribution in [3.8, 4) is 0 Å². The molecule has 0 aliphatic carbocycles. The van der Waals surface area contributed by atoms with E-state index in [0.717, 1.165) is 33.0 Å². The predicted octanol–water partition coefficient (Wildman–Crippen LogP) is 6.21. The molecule has 0 saturated carbocycles. The number of nitrogens with zero attached hydrogens (tertiary/aromatic N) is 2. The summed E-state index contributed by atoms with van der Waals surface area (Å²) in [4.78, 5) is 18.1. The fourth-order valence-corrected chi connectivity index (χ4v) is 5.26. The topological polar surface area (TPSA) is 34.4 Å². The maximum atomic E-state index is 13.3. The molecular weight excluding hydrogens is 368 g/mol. The normalized spacial score (nSPS) is 12.3. The molecule has 30 heavy (non-hydrogen) atoms. The van der Waals surface area contributed by atoms with Crippen molar-refractivity contribution in [3.05, 3.63) is 95.0 Å². The Labute approximate surface area is 171 Å². The van der Waals surface area contributed by atoms with Gasteiger partial charge in [-0.05, 0) is 51.4 Å². The van der Waals surface area contributed by atoms with Crippen LogP contribution in [0.2, 0.25) is 0 Å². The van der Waals surface area contributed by atoms with Gasteiger partial charge < -0.3 is 0 Å². The Balaban J connectivity index is 2.00. The number of aromatic nitrogens is 2. The van der Waals surface area contributed by atoms with E-state index in [9.17, 15) is 4.79 Å². The summed E-state index contributed by atoms with van der Waals surface area (Å²) in [7, 11) is 0. The molecule has 3 heteroatoms. The largest absolute Gasteiger partial charge is 0.268 e. The van der Waals surface area contributed by atoms with Gasteiger partial charge in [0.05, 0.1) is 11.0 Å². The third-order valence-electron chi connectivity index (χ3n) is 6.44. The lowest BCUT2D eigenvalue weighted by Gasteiger charge is -2.14. The average Bonchev–Trinajstić information content (AvgIpc) is 3.13. The molecule has 0 atom stereocenters. The van der Waals surface area contributed by atoms with Gasteiger partial charge in [-0.15, -0.1) is 0 Å². The Bertz CT molecular complexity index is 1880. The molecule has 5 aromatic carbocycles. The zero-order chi connectivity index (χ0) is 20.0. The van der Waals surface area contributed by atoms with Gasteiger partial charge in [-0.1, -0.05) is 66.7 Å². The first-order valence-electron chi connectivity index (χ1n) is 10.1. The quantitative estimate of drug-likeness (QED) is 0.292. The van der Waals surface area contributed by atoms with Crippen molar-refractivity contribution >= 4 is 59.5 Å². The van der Waals surface area contributed by atoms with Gasteiger partial charge in [-0.2, -0.15) is 0 Å². The molecule has 2 heterocycles. The van der Waals surface area contributed by atoms with Crippen LogP contribution >= 0.6 is 0 Å². The number of hydrogen-bond donors (Lipinski definition) is 0. The van der Waals surface area contributed by atoms with Crippen molar-refractivity contribution in [2.45, 2.75) is 6.92 Å². The second-order valence-corrected chi connectivity index (χ2v) is 7.98. The van der Waals surface area contributed by atoms with Gasteiger partial charge in [0, 0.05) is 16.2 Å². The van der Waals surface area contributed by atoms with Crippen LogP contribution < -0.4 is 5.56 Å². The molecule has 0 unspecified atom stereocenters. The van der Waals surface area contributed by atoms with Crippen LogP contribution in [-0.4, -0.2) is 9.38 Å². The molecule has 0 N–H and O–H groups in total. The van der Waals surface area contributed by atoms with E-state index >= 15 is 0 Å². The smallest absolute Gasteiger partial charge is 0.264 e. The van der Waals surface area contributed by atoms with Crippen LogP contribution in [0.3, 0.4) is 0 Å². The Morgan fingerprint density at radius 1 is 0.633 bits per heavy atom. The molecule has 0 aliphatic heterocycles. The van der Waals surface area contributed by atoms with Crippen LogP contribution in [0.4, 0.5) is 0 Å². The van der Waals surface area contributed by atoms with Crippen LogP contribution in [0.25, 0.3) is 59.5 Å². The van der Waals surface area contributed by atoms with Crippen LogP contribution in [0.1, 0.15) is 5.82 Å². The van der Waals surface area contributed by atoms with E-state index in [2.05, 4.69) is 60.7 Å². The van der Waals surface area contributed by atoms with E-state index in [1.54, 1.807) is 4.40 Å². The van der Waals surface area contributed by atoms with Gasteiger partial charge in [-0.25, -0.2) is 4.98 Å². The summed E-state index contributed by atoms with van der Waals surface area (Å²) in [6, 6.07) is 27.2. The summed E-state index contributed by atoms with van der Waals surface area (Å²) < 4.78 is 1.79. The molecule has 2 aromatic heterocycles. The minimum Gasteiger partial charge on any atom is -0.268 e. The van der Waals surface area contributed by atoms with Gasteiger partial charge in [0.25, 0.3) is 5.56 Å². The van der Waals surface area contributed by atoms with Gasteiger partial charge in [-0.3, -0.25) is 9.20 Å². The van der Waals surface area contributed by atoms with E-state index < -0.39 is 0 Å². The van der Waals surface area contributed by atoms with E-state index in [1.165, 1.54) is 32.3 Å². The molecule has 0 fully saturated rings. The third-order valence-corrected chi connectivity index (χ3v) is 6.44. The maximum Gasteiger partial charge on any atom is 0.264 e. The number of imidazole rings is 1. The van der Waals surface area contributed by atoms with Crippen LogP contribution in [0, 0.1) is 6.92 Å².